The van der Waals surface area contributed by atoms with E-state index < -0.39 is 0 Å². The van der Waals surface area contributed by atoms with Crippen molar-refractivity contribution in [2.24, 2.45) is 0 Å². The third-order valence-electron chi connectivity index (χ3n) is 2.51. The maximum Gasteiger partial charge on any atom is 0.139 e. The van der Waals surface area contributed by atoms with E-state index in [1.165, 1.54) is 6.42 Å². The number of fused-ring (bicyclic) bond motifs is 1. The fourth-order valence-electron chi connectivity index (χ4n) is 1.66. The summed E-state index contributed by atoms with van der Waals surface area (Å²) in [4.78, 5) is 6.64. The van der Waals surface area contributed by atoms with Gasteiger partial charge in [-0.1, -0.05) is 0 Å². The van der Waals surface area contributed by atoms with Gasteiger partial charge in [-0.2, -0.15) is 0 Å². The molecule has 2 aromatic heterocycles. The molecule has 0 saturated carbocycles. The Hall–Kier alpha value is -1.51. The summed E-state index contributed by atoms with van der Waals surface area (Å²) < 4.78 is 5.31. The van der Waals surface area contributed by atoms with Crippen molar-refractivity contribution in [1.82, 2.24) is 4.98 Å². The predicted molar refractivity (Wildman–Crippen MR) is 50.8 cm³/mol. The standard InChI is InChI=1S/C10H10N2O/c1-5-12(6-1)10-8-3-7-13-9(8)2-4-11-10/h2-4,7H,1,5-6H2. The summed E-state index contributed by atoms with van der Waals surface area (Å²) in [5.41, 5.74) is 0.928. The first-order valence-electron chi connectivity index (χ1n) is 4.52. The van der Waals surface area contributed by atoms with Crippen LogP contribution < -0.4 is 4.90 Å². The smallest absolute Gasteiger partial charge is 0.139 e. The van der Waals surface area contributed by atoms with Gasteiger partial charge in [-0.15, -0.1) is 0 Å². The molecule has 3 rings (SSSR count). The summed E-state index contributed by atoms with van der Waals surface area (Å²) in [5, 5.41) is 1.13. The van der Waals surface area contributed by atoms with E-state index in [-0.39, 0.29) is 0 Å². The molecule has 0 amide bonds. The van der Waals surface area contributed by atoms with E-state index in [9.17, 15) is 0 Å². The van der Waals surface area contributed by atoms with Gasteiger partial charge in [-0.05, 0) is 18.6 Å². The third kappa shape index (κ3) is 0.932. The second kappa shape index (κ2) is 2.49. The molecule has 1 aliphatic heterocycles. The number of hydrogen-bond acceptors (Lipinski definition) is 3. The molecule has 0 unspecified atom stereocenters. The van der Waals surface area contributed by atoms with E-state index in [1.807, 2.05) is 12.1 Å². The Kier molecular flexibility index (Phi) is 1.33. The summed E-state index contributed by atoms with van der Waals surface area (Å²) in [6.07, 6.45) is 4.80. The number of rotatable bonds is 1. The average molecular weight is 174 g/mol. The van der Waals surface area contributed by atoms with Crippen molar-refractivity contribution in [3.8, 4) is 0 Å². The maximum absolute atomic E-state index is 5.31. The first kappa shape index (κ1) is 6.95. The highest BCUT2D eigenvalue weighted by molar-refractivity contribution is 5.88. The fourth-order valence-corrected chi connectivity index (χ4v) is 1.66. The summed E-state index contributed by atoms with van der Waals surface area (Å²) in [6, 6.07) is 3.88. The molecule has 3 nitrogen and oxygen atoms in total. The van der Waals surface area contributed by atoms with Gasteiger partial charge in [-0.3, -0.25) is 0 Å². The van der Waals surface area contributed by atoms with Gasteiger partial charge < -0.3 is 9.32 Å². The molecule has 0 aromatic carbocycles. The van der Waals surface area contributed by atoms with Crippen molar-refractivity contribution < 1.29 is 4.42 Å². The second-order valence-corrected chi connectivity index (χ2v) is 3.31. The minimum atomic E-state index is 0.928. The Morgan fingerprint density at radius 3 is 3.00 bits per heavy atom. The van der Waals surface area contributed by atoms with E-state index in [1.54, 1.807) is 12.5 Å². The quantitative estimate of drug-likeness (QED) is 0.662. The van der Waals surface area contributed by atoms with E-state index in [0.717, 1.165) is 29.9 Å². The van der Waals surface area contributed by atoms with Crippen LogP contribution in [-0.4, -0.2) is 18.1 Å². The lowest BCUT2D eigenvalue weighted by molar-refractivity contribution is 0.607. The van der Waals surface area contributed by atoms with Crippen LogP contribution in [0.4, 0.5) is 5.82 Å². The monoisotopic (exact) mass is 174 g/mol. The van der Waals surface area contributed by atoms with Crippen LogP contribution in [0.15, 0.2) is 29.0 Å². The van der Waals surface area contributed by atoms with E-state index in [4.69, 9.17) is 4.42 Å². The van der Waals surface area contributed by atoms with E-state index in [2.05, 4.69) is 9.88 Å². The molecule has 3 heteroatoms. The Morgan fingerprint density at radius 1 is 1.31 bits per heavy atom. The van der Waals surface area contributed by atoms with Gasteiger partial charge in [0.2, 0.25) is 0 Å². The number of furan rings is 1. The molecule has 3 heterocycles. The topological polar surface area (TPSA) is 29.3 Å². The summed E-state index contributed by atoms with van der Waals surface area (Å²) in [5.74, 6) is 1.07. The zero-order valence-corrected chi connectivity index (χ0v) is 7.23. The van der Waals surface area contributed by atoms with Gasteiger partial charge in [0.1, 0.15) is 11.4 Å². The van der Waals surface area contributed by atoms with E-state index >= 15 is 0 Å². The van der Waals surface area contributed by atoms with Crippen LogP contribution in [0.2, 0.25) is 0 Å². The van der Waals surface area contributed by atoms with Crippen LogP contribution in [0, 0.1) is 0 Å². The highest BCUT2D eigenvalue weighted by Gasteiger charge is 2.18. The predicted octanol–water partition coefficient (Wildman–Crippen LogP) is 2.04. The van der Waals surface area contributed by atoms with Gasteiger partial charge in [0.05, 0.1) is 11.6 Å². The van der Waals surface area contributed by atoms with Gasteiger partial charge in [0, 0.05) is 19.3 Å². The Balaban J connectivity index is 2.20. The largest absolute Gasteiger partial charge is 0.464 e. The molecule has 1 saturated heterocycles. The molecule has 66 valence electrons. The van der Waals surface area contributed by atoms with E-state index in [0.29, 0.717) is 0 Å². The molecule has 1 aliphatic rings. The molecular weight excluding hydrogens is 164 g/mol. The first-order chi connectivity index (χ1) is 6.45. The number of aromatic nitrogens is 1. The van der Waals surface area contributed by atoms with Crippen LogP contribution in [0.25, 0.3) is 11.0 Å². The maximum atomic E-state index is 5.31. The Labute approximate surface area is 76.0 Å². The lowest BCUT2D eigenvalue weighted by Gasteiger charge is -2.32. The van der Waals surface area contributed by atoms with Crippen molar-refractivity contribution in [2.45, 2.75) is 6.42 Å². The van der Waals surface area contributed by atoms with Crippen LogP contribution in [0.3, 0.4) is 0 Å². The zero-order valence-electron chi connectivity index (χ0n) is 7.23. The molecule has 0 atom stereocenters. The molecule has 0 bridgehead atoms. The Morgan fingerprint density at radius 2 is 2.23 bits per heavy atom. The minimum Gasteiger partial charge on any atom is -0.464 e. The van der Waals surface area contributed by atoms with Crippen LogP contribution in [0.5, 0.6) is 0 Å². The lowest BCUT2D eigenvalue weighted by atomic mass is 10.2. The van der Waals surface area contributed by atoms with Gasteiger partial charge in [0.25, 0.3) is 0 Å². The molecule has 1 fully saturated rings. The molecule has 0 N–H and O–H groups in total. The third-order valence-corrected chi connectivity index (χ3v) is 2.51. The molecular formula is C10H10N2O. The summed E-state index contributed by atoms with van der Waals surface area (Å²) >= 11 is 0. The van der Waals surface area contributed by atoms with Gasteiger partial charge in [-0.25, -0.2) is 4.98 Å². The SMILES string of the molecule is c1cc2occc2c(N2CCC2)n1. The molecule has 0 radical (unpaired) electrons. The zero-order chi connectivity index (χ0) is 8.67. The minimum absolute atomic E-state index is 0.928. The summed E-state index contributed by atoms with van der Waals surface area (Å²) in [7, 11) is 0. The second-order valence-electron chi connectivity index (χ2n) is 3.31. The molecule has 0 aliphatic carbocycles. The van der Waals surface area contributed by atoms with Crippen molar-refractivity contribution >= 4 is 16.8 Å². The van der Waals surface area contributed by atoms with Crippen molar-refractivity contribution in [2.75, 3.05) is 18.0 Å². The molecule has 0 spiro atoms. The molecule has 2 aromatic rings. The van der Waals surface area contributed by atoms with Gasteiger partial charge in [0.15, 0.2) is 0 Å². The van der Waals surface area contributed by atoms with Crippen molar-refractivity contribution in [1.29, 1.82) is 0 Å². The number of pyridine rings is 1. The van der Waals surface area contributed by atoms with Crippen LogP contribution >= 0.6 is 0 Å². The number of nitrogens with zero attached hydrogens (tertiary/aromatic N) is 2. The highest BCUT2D eigenvalue weighted by Crippen LogP contribution is 2.27. The molecule has 13 heavy (non-hydrogen) atoms. The number of anilines is 1. The Bertz CT molecular complexity index is 431. The lowest BCUT2D eigenvalue weighted by Crippen LogP contribution is -2.37. The average Bonchev–Trinajstić information content (AvgIpc) is 2.49. The van der Waals surface area contributed by atoms with Crippen molar-refractivity contribution in [3.63, 3.8) is 0 Å². The normalized spacial score (nSPS) is 16.2. The first-order valence-corrected chi connectivity index (χ1v) is 4.52. The van der Waals surface area contributed by atoms with Crippen molar-refractivity contribution in [3.05, 3.63) is 24.6 Å². The van der Waals surface area contributed by atoms with Gasteiger partial charge >= 0.3 is 0 Å². The fraction of sp³-hybridized carbons (Fsp3) is 0.300. The van der Waals surface area contributed by atoms with Crippen LogP contribution in [0.1, 0.15) is 6.42 Å². The number of hydrogen-bond donors (Lipinski definition) is 0. The highest BCUT2D eigenvalue weighted by atomic mass is 16.3. The van der Waals surface area contributed by atoms with Crippen LogP contribution in [-0.2, 0) is 0 Å². The summed E-state index contributed by atoms with van der Waals surface area (Å²) in [6.45, 7) is 2.24.